The van der Waals surface area contributed by atoms with Crippen molar-refractivity contribution in [3.05, 3.63) is 35.9 Å². The first-order chi connectivity index (χ1) is 8.57. The fraction of sp³-hybridized carbons (Fsp3) is 0.400. The predicted octanol–water partition coefficient (Wildman–Crippen LogP) is 2.95. The lowest BCUT2D eigenvalue weighted by molar-refractivity contribution is 0.0697. The van der Waals surface area contributed by atoms with Crippen LogP contribution in [0.4, 0.5) is 0 Å². The quantitative estimate of drug-likeness (QED) is 0.638. The number of aliphatic hydroxyl groups is 1. The monoisotopic (exact) mass is 248 g/mol. The van der Waals surface area contributed by atoms with Crippen LogP contribution in [0.15, 0.2) is 30.3 Å². The molecule has 0 fully saturated rings. The fourth-order valence-corrected chi connectivity index (χ4v) is 1.07. The highest BCUT2D eigenvalue weighted by atomic mass is 16.4. The van der Waals surface area contributed by atoms with E-state index in [9.17, 15) is 4.79 Å². The first-order valence-electron chi connectivity index (χ1n) is 6.02. The standard InChI is InChI=1S/C8H14O.C7H6O2/c1-3-4-5-6-7-8(2)9;8-7(9)6-4-2-1-3-5-6/h8-9H,3-5H2,1-2H3;1-5H,(H,8,9). The van der Waals surface area contributed by atoms with Gasteiger partial charge >= 0.3 is 5.97 Å². The number of carbonyl (C=O) groups is 1. The summed E-state index contributed by atoms with van der Waals surface area (Å²) in [6.45, 7) is 3.81. The average molecular weight is 248 g/mol. The van der Waals surface area contributed by atoms with Crippen LogP contribution in [0.25, 0.3) is 0 Å². The van der Waals surface area contributed by atoms with Crippen molar-refractivity contribution in [2.24, 2.45) is 0 Å². The van der Waals surface area contributed by atoms with Gasteiger partial charge in [-0.2, -0.15) is 0 Å². The van der Waals surface area contributed by atoms with Gasteiger partial charge < -0.3 is 10.2 Å². The molecular formula is C15H20O3. The summed E-state index contributed by atoms with van der Waals surface area (Å²) in [5.41, 5.74) is 0.331. The van der Waals surface area contributed by atoms with Gasteiger partial charge in [0.25, 0.3) is 0 Å². The van der Waals surface area contributed by atoms with E-state index in [2.05, 4.69) is 18.8 Å². The third kappa shape index (κ3) is 9.44. The predicted molar refractivity (Wildman–Crippen MR) is 72.4 cm³/mol. The molecule has 1 aromatic carbocycles. The van der Waals surface area contributed by atoms with Gasteiger partial charge in [0, 0.05) is 6.42 Å². The van der Waals surface area contributed by atoms with Gasteiger partial charge in [0.15, 0.2) is 0 Å². The second-order valence-corrected chi connectivity index (χ2v) is 3.77. The van der Waals surface area contributed by atoms with Crippen molar-refractivity contribution < 1.29 is 15.0 Å². The van der Waals surface area contributed by atoms with Crippen molar-refractivity contribution in [3.8, 4) is 11.8 Å². The second-order valence-electron chi connectivity index (χ2n) is 3.77. The largest absolute Gasteiger partial charge is 0.478 e. The molecule has 18 heavy (non-hydrogen) atoms. The van der Waals surface area contributed by atoms with Crippen molar-refractivity contribution in [1.29, 1.82) is 0 Å². The Morgan fingerprint density at radius 1 is 1.33 bits per heavy atom. The molecule has 0 heterocycles. The van der Waals surface area contributed by atoms with Gasteiger partial charge in [0.1, 0.15) is 6.10 Å². The first kappa shape index (κ1) is 16.2. The van der Waals surface area contributed by atoms with E-state index in [1.807, 2.05) is 0 Å². The number of carboxylic acids is 1. The minimum atomic E-state index is -0.879. The molecule has 0 aliphatic heterocycles. The van der Waals surface area contributed by atoms with E-state index < -0.39 is 12.1 Å². The Morgan fingerprint density at radius 3 is 2.33 bits per heavy atom. The maximum atomic E-state index is 10.2. The third-order valence-electron chi connectivity index (χ3n) is 1.99. The molecule has 1 rings (SSSR count). The highest BCUT2D eigenvalue weighted by Gasteiger charge is 1.96. The molecule has 0 aromatic heterocycles. The molecule has 0 aliphatic rings. The van der Waals surface area contributed by atoms with Gasteiger partial charge in [0.05, 0.1) is 5.56 Å². The van der Waals surface area contributed by atoms with Crippen LogP contribution in [-0.4, -0.2) is 22.3 Å². The van der Waals surface area contributed by atoms with E-state index in [0.717, 1.165) is 12.8 Å². The number of rotatable bonds is 3. The van der Waals surface area contributed by atoms with Gasteiger partial charge in [-0.25, -0.2) is 4.79 Å². The number of hydrogen-bond acceptors (Lipinski definition) is 2. The number of hydrogen-bond donors (Lipinski definition) is 2. The number of aliphatic hydroxyl groups excluding tert-OH is 1. The zero-order valence-electron chi connectivity index (χ0n) is 10.9. The highest BCUT2D eigenvalue weighted by molar-refractivity contribution is 5.87. The topological polar surface area (TPSA) is 57.5 Å². The molecule has 1 unspecified atom stereocenters. The van der Waals surface area contributed by atoms with Crippen molar-refractivity contribution >= 4 is 5.97 Å². The lowest BCUT2D eigenvalue weighted by Crippen LogP contribution is -1.93. The van der Waals surface area contributed by atoms with E-state index in [-0.39, 0.29) is 0 Å². The number of unbranched alkanes of at least 4 members (excludes halogenated alkanes) is 2. The summed E-state index contributed by atoms with van der Waals surface area (Å²) in [6, 6.07) is 8.30. The maximum absolute atomic E-state index is 10.2. The molecule has 0 bridgehead atoms. The van der Waals surface area contributed by atoms with E-state index >= 15 is 0 Å². The fourth-order valence-electron chi connectivity index (χ4n) is 1.07. The highest BCUT2D eigenvalue weighted by Crippen LogP contribution is 1.96. The number of benzene rings is 1. The maximum Gasteiger partial charge on any atom is 0.335 e. The summed E-state index contributed by atoms with van der Waals surface area (Å²) >= 11 is 0. The molecule has 0 radical (unpaired) electrons. The van der Waals surface area contributed by atoms with Crippen LogP contribution >= 0.6 is 0 Å². The van der Waals surface area contributed by atoms with Gasteiger partial charge in [0.2, 0.25) is 0 Å². The summed E-state index contributed by atoms with van der Waals surface area (Å²) in [6.07, 6.45) is 2.78. The Balaban J connectivity index is 0.000000321. The van der Waals surface area contributed by atoms with Crippen LogP contribution < -0.4 is 0 Å². The molecule has 3 nitrogen and oxygen atoms in total. The molecular weight excluding hydrogens is 228 g/mol. The minimum absolute atomic E-state index is 0.331. The van der Waals surface area contributed by atoms with Gasteiger partial charge in [-0.05, 0) is 25.5 Å². The van der Waals surface area contributed by atoms with Crippen molar-refractivity contribution in [3.63, 3.8) is 0 Å². The summed E-state index contributed by atoms with van der Waals surface area (Å²) in [4.78, 5) is 10.2. The lowest BCUT2D eigenvalue weighted by atomic mass is 10.2. The molecule has 0 spiro atoms. The third-order valence-corrected chi connectivity index (χ3v) is 1.99. The SMILES string of the molecule is CCCCC#CC(C)O.O=C(O)c1ccccc1. The molecule has 1 atom stereocenters. The van der Waals surface area contributed by atoms with Crippen molar-refractivity contribution in [2.75, 3.05) is 0 Å². The van der Waals surface area contributed by atoms with E-state index in [0.29, 0.717) is 5.56 Å². The smallest absolute Gasteiger partial charge is 0.335 e. The first-order valence-corrected chi connectivity index (χ1v) is 6.02. The van der Waals surface area contributed by atoms with E-state index in [1.165, 1.54) is 6.42 Å². The van der Waals surface area contributed by atoms with E-state index in [1.54, 1.807) is 37.3 Å². The van der Waals surface area contributed by atoms with Crippen LogP contribution in [0.1, 0.15) is 43.5 Å². The Kier molecular flexibility index (Phi) is 9.34. The summed E-state index contributed by atoms with van der Waals surface area (Å²) in [5, 5.41) is 17.1. The molecule has 3 heteroatoms. The van der Waals surface area contributed by atoms with Gasteiger partial charge in [-0.3, -0.25) is 0 Å². The zero-order chi connectivity index (χ0) is 13.8. The minimum Gasteiger partial charge on any atom is -0.478 e. The van der Waals surface area contributed by atoms with Crippen LogP contribution in [0, 0.1) is 11.8 Å². The molecule has 98 valence electrons. The van der Waals surface area contributed by atoms with Gasteiger partial charge in [-0.15, -0.1) is 5.92 Å². The molecule has 1 aromatic rings. The van der Waals surface area contributed by atoms with Crippen LogP contribution in [0.5, 0.6) is 0 Å². The Morgan fingerprint density at radius 2 is 1.94 bits per heavy atom. The van der Waals surface area contributed by atoms with Crippen molar-refractivity contribution in [2.45, 2.75) is 39.2 Å². The second kappa shape index (κ2) is 10.4. The summed E-state index contributed by atoms with van der Waals surface area (Å²) in [5.74, 6) is 4.69. The Bertz CT molecular complexity index is 385. The Hall–Kier alpha value is -1.79. The zero-order valence-corrected chi connectivity index (χ0v) is 10.9. The lowest BCUT2D eigenvalue weighted by Gasteiger charge is -1.88. The van der Waals surface area contributed by atoms with Gasteiger partial charge in [-0.1, -0.05) is 37.5 Å². The molecule has 0 saturated carbocycles. The van der Waals surface area contributed by atoms with Crippen LogP contribution in [-0.2, 0) is 0 Å². The normalized spacial score (nSPS) is 10.4. The molecule has 0 saturated heterocycles. The number of carboxylic acid groups (broad SMARTS) is 1. The summed E-state index contributed by atoms with van der Waals surface area (Å²) in [7, 11) is 0. The molecule has 0 aliphatic carbocycles. The molecule has 2 N–H and O–H groups in total. The Labute approximate surface area is 108 Å². The number of aromatic carboxylic acids is 1. The average Bonchev–Trinajstić information content (AvgIpc) is 2.36. The molecule has 0 amide bonds. The van der Waals surface area contributed by atoms with Crippen LogP contribution in [0.3, 0.4) is 0 Å². The summed E-state index contributed by atoms with van der Waals surface area (Å²) < 4.78 is 0. The van der Waals surface area contributed by atoms with E-state index in [4.69, 9.17) is 10.2 Å². The van der Waals surface area contributed by atoms with Crippen LogP contribution in [0.2, 0.25) is 0 Å². The van der Waals surface area contributed by atoms with Crippen molar-refractivity contribution in [1.82, 2.24) is 0 Å².